The molecule has 0 N–H and O–H groups in total. The summed E-state index contributed by atoms with van der Waals surface area (Å²) in [6, 6.07) is 11.3. The largest absolute Gasteiger partial charge is 0.376 e. The third-order valence-corrected chi connectivity index (χ3v) is 3.49. The van der Waals surface area contributed by atoms with E-state index in [9.17, 15) is 0 Å². The molecule has 94 valence electrons. The van der Waals surface area contributed by atoms with Gasteiger partial charge in [0, 0.05) is 12.6 Å². The van der Waals surface area contributed by atoms with Gasteiger partial charge in [0.2, 0.25) is 0 Å². The lowest BCUT2D eigenvalue weighted by Gasteiger charge is -2.36. The molecular weight excluding hydrogens is 210 g/mol. The first-order valence-corrected chi connectivity index (χ1v) is 6.65. The van der Waals surface area contributed by atoms with Crippen molar-refractivity contribution in [3.05, 3.63) is 35.9 Å². The van der Waals surface area contributed by atoms with Crippen molar-refractivity contribution in [1.29, 1.82) is 0 Å². The van der Waals surface area contributed by atoms with Crippen molar-refractivity contribution in [2.45, 2.75) is 38.8 Å². The molecule has 1 saturated heterocycles. The Labute approximate surface area is 105 Å². The zero-order chi connectivity index (χ0) is 12.1. The van der Waals surface area contributed by atoms with Crippen molar-refractivity contribution in [2.75, 3.05) is 19.7 Å². The molecule has 2 rings (SSSR count). The molecule has 17 heavy (non-hydrogen) atoms. The van der Waals surface area contributed by atoms with Gasteiger partial charge in [0.25, 0.3) is 0 Å². The van der Waals surface area contributed by atoms with Gasteiger partial charge >= 0.3 is 0 Å². The normalized spacial score (nSPS) is 26.0. The van der Waals surface area contributed by atoms with E-state index < -0.39 is 0 Å². The van der Waals surface area contributed by atoms with Crippen LogP contribution in [-0.4, -0.2) is 36.7 Å². The number of morpholine rings is 1. The highest BCUT2D eigenvalue weighted by atomic mass is 16.5. The van der Waals surface area contributed by atoms with Gasteiger partial charge in [-0.05, 0) is 38.8 Å². The SMILES string of the molecule is CC1CN(CCCc2ccccc2)C(C)CO1. The molecule has 0 amide bonds. The van der Waals surface area contributed by atoms with Gasteiger partial charge in [-0.3, -0.25) is 4.90 Å². The number of rotatable bonds is 4. The zero-order valence-electron chi connectivity index (χ0n) is 10.9. The Balaban J connectivity index is 1.74. The van der Waals surface area contributed by atoms with Gasteiger partial charge in [-0.25, -0.2) is 0 Å². The van der Waals surface area contributed by atoms with Crippen molar-refractivity contribution < 1.29 is 4.74 Å². The summed E-state index contributed by atoms with van der Waals surface area (Å²) in [7, 11) is 0. The molecule has 0 radical (unpaired) electrons. The quantitative estimate of drug-likeness (QED) is 0.793. The number of nitrogens with zero attached hydrogens (tertiary/aromatic N) is 1. The highest BCUT2D eigenvalue weighted by Gasteiger charge is 2.22. The number of hydrogen-bond donors (Lipinski definition) is 0. The third kappa shape index (κ3) is 3.83. The van der Waals surface area contributed by atoms with Crippen molar-refractivity contribution in [2.24, 2.45) is 0 Å². The molecule has 1 aromatic rings. The van der Waals surface area contributed by atoms with E-state index in [1.807, 2.05) is 0 Å². The van der Waals surface area contributed by atoms with E-state index in [0.29, 0.717) is 12.1 Å². The molecule has 0 saturated carbocycles. The lowest BCUT2D eigenvalue weighted by atomic mass is 10.1. The van der Waals surface area contributed by atoms with Crippen molar-refractivity contribution in [3.63, 3.8) is 0 Å². The molecule has 0 spiro atoms. The van der Waals surface area contributed by atoms with Gasteiger partial charge in [-0.15, -0.1) is 0 Å². The van der Waals surface area contributed by atoms with Crippen LogP contribution in [0.2, 0.25) is 0 Å². The summed E-state index contributed by atoms with van der Waals surface area (Å²) in [5, 5.41) is 0. The van der Waals surface area contributed by atoms with Gasteiger partial charge in [0.15, 0.2) is 0 Å². The minimum absolute atomic E-state index is 0.392. The van der Waals surface area contributed by atoms with Crippen LogP contribution in [0.1, 0.15) is 25.8 Å². The van der Waals surface area contributed by atoms with Crippen LogP contribution in [0, 0.1) is 0 Å². The molecule has 1 aliphatic rings. The van der Waals surface area contributed by atoms with Crippen LogP contribution in [0.3, 0.4) is 0 Å². The molecule has 2 unspecified atom stereocenters. The Kier molecular flexibility index (Phi) is 4.57. The van der Waals surface area contributed by atoms with E-state index in [1.54, 1.807) is 0 Å². The van der Waals surface area contributed by atoms with Crippen molar-refractivity contribution in [1.82, 2.24) is 4.90 Å². The van der Waals surface area contributed by atoms with Gasteiger partial charge < -0.3 is 4.74 Å². The standard InChI is InChI=1S/C15H23NO/c1-13-12-17-14(2)11-16(13)10-6-9-15-7-4-3-5-8-15/h3-5,7-8,13-14H,6,9-12H2,1-2H3. The van der Waals surface area contributed by atoms with Gasteiger partial charge in [0.1, 0.15) is 0 Å². The van der Waals surface area contributed by atoms with Gasteiger partial charge in [-0.1, -0.05) is 30.3 Å². The van der Waals surface area contributed by atoms with Crippen LogP contribution in [0.15, 0.2) is 30.3 Å². The second-order valence-corrected chi connectivity index (χ2v) is 5.08. The van der Waals surface area contributed by atoms with Crippen LogP contribution < -0.4 is 0 Å². The van der Waals surface area contributed by atoms with Crippen LogP contribution in [0.25, 0.3) is 0 Å². The lowest BCUT2D eigenvalue weighted by molar-refractivity contribution is -0.0494. The van der Waals surface area contributed by atoms with E-state index in [0.717, 1.165) is 13.2 Å². The predicted octanol–water partition coefficient (Wildman–Crippen LogP) is 2.73. The topological polar surface area (TPSA) is 12.5 Å². The van der Waals surface area contributed by atoms with E-state index in [4.69, 9.17) is 4.74 Å². The minimum Gasteiger partial charge on any atom is -0.376 e. The molecule has 0 aliphatic carbocycles. The Bertz CT molecular complexity index is 325. The van der Waals surface area contributed by atoms with Crippen LogP contribution in [0.4, 0.5) is 0 Å². The fraction of sp³-hybridized carbons (Fsp3) is 0.600. The number of hydrogen-bond acceptors (Lipinski definition) is 2. The predicted molar refractivity (Wildman–Crippen MR) is 71.2 cm³/mol. The minimum atomic E-state index is 0.392. The zero-order valence-corrected chi connectivity index (χ0v) is 10.9. The molecule has 1 fully saturated rings. The maximum Gasteiger partial charge on any atom is 0.0674 e. The average molecular weight is 233 g/mol. The molecular formula is C15H23NO. The first kappa shape index (κ1) is 12.6. The highest BCUT2D eigenvalue weighted by Crippen LogP contribution is 2.12. The second kappa shape index (κ2) is 6.18. The molecule has 1 aromatic carbocycles. The lowest BCUT2D eigenvalue weighted by Crippen LogP contribution is -2.47. The maximum absolute atomic E-state index is 5.64. The maximum atomic E-state index is 5.64. The number of benzene rings is 1. The van der Waals surface area contributed by atoms with E-state index in [-0.39, 0.29) is 0 Å². The third-order valence-electron chi connectivity index (χ3n) is 3.49. The monoisotopic (exact) mass is 233 g/mol. The van der Waals surface area contributed by atoms with Crippen LogP contribution in [0.5, 0.6) is 0 Å². The van der Waals surface area contributed by atoms with Crippen LogP contribution in [-0.2, 0) is 11.2 Å². The summed E-state index contributed by atoms with van der Waals surface area (Å²) in [5.41, 5.74) is 1.45. The first-order chi connectivity index (χ1) is 8.25. The van der Waals surface area contributed by atoms with Crippen LogP contribution >= 0.6 is 0 Å². The molecule has 2 atom stereocenters. The van der Waals surface area contributed by atoms with Crippen molar-refractivity contribution >= 4 is 0 Å². The number of aryl methyl sites for hydroxylation is 1. The fourth-order valence-corrected chi connectivity index (χ4v) is 2.41. The smallest absolute Gasteiger partial charge is 0.0674 e. The summed E-state index contributed by atoms with van der Waals surface area (Å²) in [6.07, 6.45) is 2.81. The Morgan fingerprint density at radius 2 is 2.00 bits per heavy atom. The molecule has 0 bridgehead atoms. The van der Waals surface area contributed by atoms with E-state index >= 15 is 0 Å². The van der Waals surface area contributed by atoms with E-state index in [1.165, 1.54) is 24.9 Å². The summed E-state index contributed by atoms with van der Waals surface area (Å²) in [6.45, 7) is 7.57. The molecule has 0 aromatic heterocycles. The molecule has 2 heteroatoms. The van der Waals surface area contributed by atoms with Gasteiger partial charge in [-0.2, -0.15) is 0 Å². The average Bonchev–Trinajstić information content (AvgIpc) is 2.35. The Morgan fingerprint density at radius 3 is 2.76 bits per heavy atom. The first-order valence-electron chi connectivity index (χ1n) is 6.65. The Hall–Kier alpha value is -0.860. The van der Waals surface area contributed by atoms with Gasteiger partial charge in [0.05, 0.1) is 12.7 Å². The summed E-state index contributed by atoms with van der Waals surface area (Å²) in [4.78, 5) is 2.55. The van der Waals surface area contributed by atoms with Crippen molar-refractivity contribution in [3.8, 4) is 0 Å². The van der Waals surface area contributed by atoms with E-state index in [2.05, 4.69) is 49.1 Å². The highest BCUT2D eigenvalue weighted by molar-refractivity contribution is 5.14. The summed E-state index contributed by atoms with van der Waals surface area (Å²) < 4.78 is 5.64. The molecule has 2 nitrogen and oxygen atoms in total. The summed E-state index contributed by atoms with van der Waals surface area (Å²) >= 11 is 0. The Morgan fingerprint density at radius 1 is 1.24 bits per heavy atom. The molecule has 1 heterocycles. The summed E-state index contributed by atoms with van der Waals surface area (Å²) in [5.74, 6) is 0. The number of ether oxygens (including phenoxy) is 1. The fourth-order valence-electron chi connectivity index (χ4n) is 2.41. The second-order valence-electron chi connectivity index (χ2n) is 5.08. The molecule has 1 aliphatic heterocycles.